The van der Waals surface area contributed by atoms with Crippen molar-refractivity contribution in [3.8, 4) is 17.1 Å². The van der Waals surface area contributed by atoms with Crippen LogP contribution < -0.4 is 10.1 Å². The smallest absolute Gasteiger partial charge is 0.269 e. The summed E-state index contributed by atoms with van der Waals surface area (Å²) in [6.45, 7) is 0. The minimum Gasteiger partial charge on any atom is -0.474 e. The molecule has 144 valence electrons. The Morgan fingerprint density at radius 3 is 2.61 bits per heavy atom. The molecular weight excluding hydrogens is 359 g/mol. The van der Waals surface area contributed by atoms with E-state index in [1.165, 1.54) is 12.1 Å². The van der Waals surface area contributed by atoms with Gasteiger partial charge in [-0.05, 0) is 62.1 Å². The van der Waals surface area contributed by atoms with Gasteiger partial charge in [0.05, 0.1) is 5.69 Å². The number of hydrogen-bond acceptors (Lipinski definition) is 4. The topological polar surface area (TPSA) is 79.9 Å². The number of nitrogens with zero attached hydrogens (tertiary/aromatic N) is 2. The number of hydrogen-bond donors (Lipinski definition) is 2. The molecule has 2 N–H and O–H groups in total. The Bertz CT molecular complexity index is 919. The summed E-state index contributed by atoms with van der Waals surface area (Å²) in [5, 5.41) is 9.97. The standard InChI is InChI=1S/C21H21FN4O2/c22-15-6-4-14(5-7-15)18-13-19(26-25-18)21(27)24-16-8-10-17(11-9-16)28-20-3-1-2-12-23-20/h1-7,12-13,16-17H,8-11H2,(H,24,27)(H,25,26). The molecule has 0 atom stereocenters. The summed E-state index contributed by atoms with van der Waals surface area (Å²) in [5.74, 6) is 0.149. The normalized spacial score (nSPS) is 19.2. The van der Waals surface area contributed by atoms with Crippen LogP contribution in [0.5, 0.6) is 5.88 Å². The Morgan fingerprint density at radius 2 is 1.89 bits per heavy atom. The number of H-pyrrole nitrogens is 1. The van der Waals surface area contributed by atoms with Crippen molar-refractivity contribution >= 4 is 5.91 Å². The molecule has 3 aromatic rings. The van der Waals surface area contributed by atoms with Gasteiger partial charge in [0.25, 0.3) is 5.91 Å². The molecule has 0 bridgehead atoms. The lowest BCUT2D eigenvalue weighted by Crippen LogP contribution is -2.39. The second-order valence-electron chi connectivity index (χ2n) is 6.91. The largest absolute Gasteiger partial charge is 0.474 e. The lowest BCUT2D eigenvalue weighted by Gasteiger charge is -2.29. The molecule has 2 aromatic heterocycles. The van der Waals surface area contributed by atoms with E-state index in [2.05, 4.69) is 20.5 Å². The van der Waals surface area contributed by atoms with Gasteiger partial charge >= 0.3 is 0 Å². The summed E-state index contributed by atoms with van der Waals surface area (Å²) in [5.41, 5.74) is 1.76. The Morgan fingerprint density at radius 1 is 1.11 bits per heavy atom. The second kappa shape index (κ2) is 8.21. The van der Waals surface area contributed by atoms with Crippen molar-refractivity contribution in [3.05, 3.63) is 66.2 Å². The molecule has 7 heteroatoms. The first kappa shape index (κ1) is 18.2. The first-order valence-electron chi connectivity index (χ1n) is 9.37. The van der Waals surface area contributed by atoms with Crippen LogP contribution >= 0.6 is 0 Å². The molecule has 2 heterocycles. The van der Waals surface area contributed by atoms with Gasteiger partial charge in [-0.15, -0.1) is 0 Å². The number of aromatic nitrogens is 3. The third-order valence-electron chi connectivity index (χ3n) is 4.90. The molecule has 1 aliphatic carbocycles. The summed E-state index contributed by atoms with van der Waals surface area (Å²) in [6, 6.07) is 13.4. The second-order valence-corrected chi connectivity index (χ2v) is 6.91. The third-order valence-corrected chi connectivity index (χ3v) is 4.90. The van der Waals surface area contributed by atoms with E-state index in [1.54, 1.807) is 24.4 Å². The van der Waals surface area contributed by atoms with Gasteiger partial charge in [0.15, 0.2) is 0 Å². The van der Waals surface area contributed by atoms with Gasteiger partial charge in [-0.1, -0.05) is 6.07 Å². The minimum atomic E-state index is -0.306. The van der Waals surface area contributed by atoms with Crippen molar-refractivity contribution < 1.29 is 13.9 Å². The molecule has 6 nitrogen and oxygen atoms in total. The van der Waals surface area contributed by atoms with Crippen LogP contribution in [0.2, 0.25) is 0 Å². The Kier molecular flexibility index (Phi) is 5.32. The molecule has 1 aliphatic rings. The molecule has 1 saturated carbocycles. The molecule has 28 heavy (non-hydrogen) atoms. The fraction of sp³-hybridized carbons (Fsp3) is 0.286. The average Bonchev–Trinajstić information content (AvgIpc) is 3.21. The lowest BCUT2D eigenvalue weighted by atomic mass is 9.93. The molecular formula is C21H21FN4O2. The van der Waals surface area contributed by atoms with Crippen LogP contribution in [0.25, 0.3) is 11.3 Å². The van der Waals surface area contributed by atoms with E-state index in [0.29, 0.717) is 17.3 Å². The van der Waals surface area contributed by atoms with Gasteiger partial charge in [0.2, 0.25) is 5.88 Å². The summed E-state index contributed by atoms with van der Waals surface area (Å²) >= 11 is 0. The first-order valence-corrected chi connectivity index (χ1v) is 9.37. The molecule has 0 unspecified atom stereocenters. The number of amides is 1. The van der Waals surface area contributed by atoms with Crippen LogP contribution in [0, 0.1) is 5.82 Å². The van der Waals surface area contributed by atoms with Gasteiger partial charge in [-0.2, -0.15) is 5.10 Å². The molecule has 0 radical (unpaired) electrons. The fourth-order valence-electron chi connectivity index (χ4n) is 3.38. The lowest BCUT2D eigenvalue weighted by molar-refractivity contribution is 0.0885. The van der Waals surface area contributed by atoms with E-state index in [1.807, 2.05) is 18.2 Å². The highest BCUT2D eigenvalue weighted by atomic mass is 19.1. The van der Waals surface area contributed by atoms with E-state index in [4.69, 9.17) is 4.74 Å². The maximum atomic E-state index is 13.0. The summed E-state index contributed by atoms with van der Waals surface area (Å²) in [7, 11) is 0. The first-order chi connectivity index (χ1) is 13.7. The summed E-state index contributed by atoms with van der Waals surface area (Å²) in [6.07, 6.45) is 5.27. The zero-order chi connectivity index (χ0) is 19.3. The summed E-state index contributed by atoms with van der Waals surface area (Å²) < 4.78 is 18.9. The average molecular weight is 380 g/mol. The number of aromatic amines is 1. The Balaban J connectivity index is 1.29. The fourth-order valence-corrected chi connectivity index (χ4v) is 3.38. The quantitative estimate of drug-likeness (QED) is 0.707. The molecule has 1 amide bonds. The zero-order valence-electron chi connectivity index (χ0n) is 15.3. The van der Waals surface area contributed by atoms with Crippen molar-refractivity contribution in [1.29, 1.82) is 0 Å². The number of benzene rings is 1. The van der Waals surface area contributed by atoms with E-state index < -0.39 is 0 Å². The number of nitrogens with one attached hydrogen (secondary N) is 2. The van der Waals surface area contributed by atoms with Crippen LogP contribution in [0.4, 0.5) is 4.39 Å². The summed E-state index contributed by atoms with van der Waals surface area (Å²) in [4.78, 5) is 16.7. The van der Waals surface area contributed by atoms with Gasteiger partial charge in [0, 0.05) is 23.9 Å². The van der Waals surface area contributed by atoms with Gasteiger partial charge < -0.3 is 10.1 Å². The van der Waals surface area contributed by atoms with Crippen molar-refractivity contribution in [2.45, 2.75) is 37.8 Å². The number of rotatable bonds is 5. The highest BCUT2D eigenvalue weighted by Gasteiger charge is 2.24. The van der Waals surface area contributed by atoms with Crippen molar-refractivity contribution in [1.82, 2.24) is 20.5 Å². The van der Waals surface area contributed by atoms with Crippen LogP contribution in [0.15, 0.2) is 54.7 Å². The number of pyridine rings is 1. The maximum Gasteiger partial charge on any atom is 0.269 e. The van der Waals surface area contributed by atoms with Gasteiger partial charge in [-0.25, -0.2) is 9.37 Å². The molecule has 1 aromatic carbocycles. The monoisotopic (exact) mass is 380 g/mol. The number of halogens is 1. The van der Waals surface area contributed by atoms with Crippen molar-refractivity contribution in [2.24, 2.45) is 0 Å². The predicted octanol–water partition coefficient (Wildman–Crippen LogP) is 3.73. The van der Waals surface area contributed by atoms with Crippen LogP contribution in [0.1, 0.15) is 36.2 Å². The number of carbonyl (C=O) groups excluding carboxylic acids is 1. The SMILES string of the molecule is O=C(NC1CCC(Oc2ccccn2)CC1)c1cc(-c2ccc(F)cc2)n[nH]1. The van der Waals surface area contributed by atoms with Crippen LogP contribution in [-0.4, -0.2) is 33.2 Å². The number of carbonyl (C=O) groups is 1. The molecule has 0 spiro atoms. The van der Waals surface area contributed by atoms with Crippen LogP contribution in [0.3, 0.4) is 0 Å². The maximum absolute atomic E-state index is 13.0. The molecule has 1 fully saturated rings. The van der Waals surface area contributed by atoms with Gasteiger partial charge in [-0.3, -0.25) is 9.89 Å². The molecule has 0 aliphatic heterocycles. The van der Waals surface area contributed by atoms with E-state index in [0.717, 1.165) is 31.2 Å². The van der Waals surface area contributed by atoms with E-state index in [9.17, 15) is 9.18 Å². The van der Waals surface area contributed by atoms with E-state index in [-0.39, 0.29) is 23.9 Å². The zero-order valence-corrected chi connectivity index (χ0v) is 15.3. The Labute approximate surface area is 162 Å². The predicted molar refractivity (Wildman–Crippen MR) is 102 cm³/mol. The number of ether oxygens (including phenoxy) is 1. The minimum absolute atomic E-state index is 0.105. The van der Waals surface area contributed by atoms with Gasteiger partial charge in [0.1, 0.15) is 17.6 Å². The van der Waals surface area contributed by atoms with Crippen LogP contribution in [-0.2, 0) is 0 Å². The third kappa shape index (κ3) is 4.36. The van der Waals surface area contributed by atoms with E-state index >= 15 is 0 Å². The van der Waals surface area contributed by atoms with Crippen molar-refractivity contribution in [3.63, 3.8) is 0 Å². The van der Waals surface area contributed by atoms with Crippen molar-refractivity contribution in [2.75, 3.05) is 0 Å². The highest BCUT2D eigenvalue weighted by Crippen LogP contribution is 2.23. The molecule has 0 saturated heterocycles. The Hall–Kier alpha value is -3.22. The molecule has 4 rings (SSSR count). The highest BCUT2D eigenvalue weighted by molar-refractivity contribution is 5.93.